The smallest absolute Gasteiger partial charge is 0.326 e. The zero-order chi connectivity index (χ0) is 20.4. The van der Waals surface area contributed by atoms with E-state index in [1.54, 1.807) is 30.3 Å². The van der Waals surface area contributed by atoms with Crippen LogP contribution in [0.15, 0.2) is 47.4 Å². The Labute approximate surface area is 171 Å². The van der Waals surface area contributed by atoms with Crippen molar-refractivity contribution in [2.45, 2.75) is 17.9 Å². The first-order valence-corrected chi connectivity index (χ1v) is 9.92. The Balaban J connectivity index is 1.36. The van der Waals surface area contributed by atoms with E-state index < -0.39 is 18.0 Å². The SMILES string of the molecule is C[C@H](OC(=O)CN1C(=O)CSc2ccccc21)C(=O)Nc1ccc2c(c1)OCO2. The van der Waals surface area contributed by atoms with Crippen LogP contribution in [0, 0.1) is 0 Å². The molecule has 2 aromatic rings. The third-order valence-corrected chi connectivity index (χ3v) is 5.46. The fraction of sp³-hybridized carbons (Fsp3) is 0.250. The standard InChI is InChI=1S/C20H18N2O6S/c1-12(20(25)21-13-6-7-15-16(8-13)27-11-26-15)28-19(24)9-22-14-4-2-3-5-17(14)29-10-18(22)23/h2-8,12H,9-11H2,1H3,(H,21,25)/t12-/m0/s1. The molecule has 0 aromatic heterocycles. The van der Waals surface area contributed by atoms with Crippen LogP contribution in [0.4, 0.5) is 11.4 Å². The second-order valence-electron chi connectivity index (χ2n) is 6.43. The molecule has 0 fully saturated rings. The number of benzene rings is 2. The average Bonchev–Trinajstić information content (AvgIpc) is 3.18. The van der Waals surface area contributed by atoms with Crippen LogP contribution in [-0.4, -0.2) is 43.0 Å². The first-order valence-electron chi connectivity index (χ1n) is 8.93. The van der Waals surface area contributed by atoms with Crippen molar-refractivity contribution in [2.75, 3.05) is 29.3 Å². The number of amides is 2. The molecule has 2 heterocycles. The number of hydrogen-bond acceptors (Lipinski definition) is 7. The molecule has 1 N–H and O–H groups in total. The third kappa shape index (κ3) is 4.14. The van der Waals surface area contributed by atoms with Gasteiger partial charge in [-0.25, -0.2) is 0 Å². The Morgan fingerprint density at radius 1 is 1.21 bits per heavy atom. The summed E-state index contributed by atoms with van der Waals surface area (Å²) in [6, 6.07) is 12.3. The van der Waals surface area contributed by atoms with Gasteiger partial charge < -0.3 is 19.5 Å². The van der Waals surface area contributed by atoms with Crippen LogP contribution in [0.5, 0.6) is 11.5 Å². The summed E-state index contributed by atoms with van der Waals surface area (Å²) in [6.07, 6.45) is -1.03. The quantitative estimate of drug-likeness (QED) is 0.751. The Morgan fingerprint density at radius 2 is 2.00 bits per heavy atom. The highest BCUT2D eigenvalue weighted by Crippen LogP contribution is 2.35. The van der Waals surface area contributed by atoms with Crippen LogP contribution in [0.2, 0.25) is 0 Å². The van der Waals surface area contributed by atoms with Crippen molar-refractivity contribution in [3.05, 3.63) is 42.5 Å². The van der Waals surface area contributed by atoms with Gasteiger partial charge in [-0.05, 0) is 31.2 Å². The fourth-order valence-electron chi connectivity index (χ4n) is 2.96. The van der Waals surface area contributed by atoms with Gasteiger partial charge in [0.05, 0.1) is 11.4 Å². The van der Waals surface area contributed by atoms with E-state index >= 15 is 0 Å². The summed E-state index contributed by atoms with van der Waals surface area (Å²) in [6.45, 7) is 1.36. The van der Waals surface area contributed by atoms with Crippen molar-refractivity contribution in [3.63, 3.8) is 0 Å². The average molecular weight is 414 g/mol. The molecule has 2 amide bonds. The minimum absolute atomic E-state index is 0.137. The molecular formula is C20H18N2O6S. The fourth-order valence-corrected chi connectivity index (χ4v) is 3.90. The summed E-state index contributed by atoms with van der Waals surface area (Å²) < 4.78 is 15.7. The van der Waals surface area contributed by atoms with E-state index in [2.05, 4.69) is 5.32 Å². The lowest BCUT2D eigenvalue weighted by Gasteiger charge is -2.28. The maximum absolute atomic E-state index is 12.4. The largest absolute Gasteiger partial charge is 0.454 e. The summed E-state index contributed by atoms with van der Waals surface area (Å²) in [5, 5.41) is 2.67. The summed E-state index contributed by atoms with van der Waals surface area (Å²) >= 11 is 1.43. The first kappa shape index (κ1) is 19.1. The van der Waals surface area contributed by atoms with E-state index in [9.17, 15) is 14.4 Å². The molecule has 1 atom stereocenters. The van der Waals surface area contributed by atoms with Crippen LogP contribution in [0.25, 0.3) is 0 Å². The van der Waals surface area contributed by atoms with Crippen molar-refractivity contribution in [1.29, 1.82) is 0 Å². The van der Waals surface area contributed by atoms with Gasteiger partial charge in [0.2, 0.25) is 12.7 Å². The van der Waals surface area contributed by atoms with Crippen LogP contribution in [0.3, 0.4) is 0 Å². The Bertz CT molecular complexity index is 979. The number of rotatable bonds is 5. The number of anilines is 2. The molecule has 2 aromatic carbocycles. The molecule has 0 unspecified atom stereocenters. The Kier molecular flexibility index (Phi) is 5.30. The lowest BCUT2D eigenvalue weighted by molar-refractivity contribution is -0.152. The number of fused-ring (bicyclic) bond motifs is 2. The summed E-state index contributed by atoms with van der Waals surface area (Å²) in [4.78, 5) is 39.3. The molecule has 29 heavy (non-hydrogen) atoms. The molecule has 0 aliphatic carbocycles. The molecule has 0 radical (unpaired) electrons. The molecule has 2 aliphatic rings. The number of hydrogen-bond donors (Lipinski definition) is 1. The molecule has 2 aliphatic heterocycles. The predicted molar refractivity (Wildman–Crippen MR) is 106 cm³/mol. The van der Waals surface area contributed by atoms with Gasteiger partial charge in [0.25, 0.3) is 5.91 Å². The summed E-state index contributed by atoms with van der Waals surface area (Å²) in [5.41, 5.74) is 1.17. The normalized spacial score (nSPS) is 15.5. The topological polar surface area (TPSA) is 94.2 Å². The van der Waals surface area contributed by atoms with Crippen molar-refractivity contribution in [3.8, 4) is 11.5 Å². The van der Waals surface area contributed by atoms with Crippen molar-refractivity contribution in [1.82, 2.24) is 0 Å². The molecule has 0 saturated carbocycles. The lowest BCUT2D eigenvalue weighted by Crippen LogP contribution is -2.41. The van der Waals surface area contributed by atoms with Gasteiger partial charge in [0.15, 0.2) is 17.6 Å². The molecule has 0 bridgehead atoms. The summed E-state index contributed by atoms with van der Waals surface area (Å²) in [5.74, 6) is 0.0686. The molecule has 8 nitrogen and oxygen atoms in total. The maximum atomic E-state index is 12.4. The zero-order valence-electron chi connectivity index (χ0n) is 15.5. The minimum atomic E-state index is -1.03. The highest BCUT2D eigenvalue weighted by Gasteiger charge is 2.28. The van der Waals surface area contributed by atoms with Gasteiger partial charge in [0, 0.05) is 16.6 Å². The maximum Gasteiger partial charge on any atom is 0.326 e. The lowest BCUT2D eigenvalue weighted by atomic mass is 10.2. The number of nitrogens with one attached hydrogen (secondary N) is 1. The van der Waals surface area contributed by atoms with E-state index in [4.69, 9.17) is 14.2 Å². The van der Waals surface area contributed by atoms with Crippen molar-refractivity contribution < 1.29 is 28.6 Å². The second kappa shape index (κ2) is 8.04. The van der Waals surface area contributed by atoms with E-state index in [0.29, 0.717) is 22.9 Å². The zero-order valence-corrected chi connectivity index (χ0v) is 16.4. The highest BCUT2D eigenvalue weighted by atomic mass is 32.2. The number of carbonyl (C=O) groups is 3. The molecule has 150 valence electrons. The van der Waals surface area contributed by atoms with Gasteiger partial charge in [-0.15, -0.1) is 11.8 Å². The van der Waals surface area contributed by atoms with Crippen LogP contribution in [0.1, 0.15) is 6.92 Å². The van der Waals surface area contributed by atoms with E-state index in [1.807, 2.05) is 12.1 Å². The molecular weight excluding hydrogens is 396 g/mol. The minimum Gasteiger partial charge on any atom is -0.454 e. The van der Waals surface area contributed by atoms with E-state index in [1.165, 1.54) is 23.6 Å². The first-order chi connectivity index (χ1) is 14.0. The van der Waals surface area contributed by atoms with Crippen molar-refractivity contribution >= 4 is 40.9 Å². The molecule has 0 saturated heterocycles. The van der Waals surface area contributed by atoms with Crippen LogP contribution in [-0.2, 0) is 19.1 Å². The van der Waals surface area contributed by atoms with E-state index in [0.717, 1.165) is 4.90 Å². The van der Waals surface area contributed by atoms with Crippen LogP contribution >= 0.6 is 11.8 Å². The molecule has 0 spiro atoms. The molecule has 4 rings (SSSR count). The Morgan fingerprint density at radius 3 is 2.86 bits per heavy atom. The number of ether oxygens (including phenoxy) is 3. The van der Waals surface area contributed by atoms with E-state index in [-0.39, 0.29) is 25.0 Å². The van der Waals surface area contributed by atoms with Gasteiger partial charge in [0.1, 0.15) is 6.54 Å². The highest BCUT2D eigenvalue weighted by molar-refractivity contribution is 8.00. The van der Waals surface area contributed by atoms with Gasteiger partial charge in [-0.3, -0.25) is 19.3 Å². The number of esters is 1. The number of para-hydroxylation sites is 1. The number of carbonyl (C=O) groups excluding carboxylic acids is 3. The van der Waals surface area contributed by atoms with Crippen LogP contribution < -0.4 is 19.7 Å². The van der Waals surface area contributed by atoms with Gasteiger partial charge in [-0.1, -0.05) is 12.1 Å². The second-order valence-corrected chi connectivity index (χ2v) is 7.44. The van der Waals surface area contributed by atoms with Gasteiger partial charge >= 0.3 is 5.97 Å². The summed E-state index contributed by atoms with van der Waals surface area (Å²) in [7, 11) is 0. The monoisotopic (exact) mass is 414 g/mol. The molecule has 9 heteroatoms. The van der Waals surface area contributed by atoms with Crippen molar-refractivity contribution in [2.24, 2.45) is 0 Å². The third-order valence-electron chi connectivity index (χ3n) is 4.41. The van der Waals surface area contributed by atoms with Gasteiger partial charge in [-0.2, -0.15) is 0 Å². The number of nitrogens with zero attached hydrogens (tertiary/aromatic N) is 1. The number of thioether (sulfide) groups is 1. The predicted octanol–water partition coefficient (Wildman–Crippen LogP) is 2.42. The Hall–Kier alpha value is -3.20.